The summed E-state index contributed by atoms with van der Waals surface area (Å²) in [6.07, 6.45) is 4.93. The molecule has 0 atom stereocenters. The second-order valence-electron chi connectivity index (χ2n) is 5.43. The van der Waals surface area contributed by atoms with Crippen LogP contribution in [-0.2, 0) is 6.54 Å². The van der Waals surface area contributed by atoms with Crippen molar-refractivity contribution in [3.05, 3.63) is 22.2 Å². The van der Waals surface area contributed by atoms with Crippen molar-refractivity contribution in [2.24, 2.45) is 10.7 Å². The van der Waals surface area contributed by atoms with Crippen LogP contribution in [0.3, 0.4) is 0 Å². The highest BCUT2D eigenvalue weighted by molar-refractivity contribution is 14.0. The summed E-state index contributed by atoms with van der Waals surface area (Å²) in [4.78, 5) is 4.41. The average Bonchev–Trinajstić information content (AvgIpc) is 2.98. The number of guanidine groups is 1. The van der Waals surface area contributed by atoms with Crippen molar-refractivity contribution >= 4 is 45.9 Å². The molecule has 22 heavy (non-hydrogen) atoms. The number of hydrogen-bond acceptors (Lipinski definition) is 3. The Morgan fingerprint density at radius 3 is 2.77 bits per heavy atom. The molecule has 0 aromatic heterocycles. The van der Waals surface area contributed by atoms with Gasteiger partial charge in [0, 0.05) is 6.04 Å². The van der Waals surface area contributed by atoms with Crippen LogP contribution in [0.5, 0.6) is 11.5 Å². The lowest BCUT2D eigenvalue weighted by Gasteiger charge is -2.20. The number of nitrogens with zero attached hydrogens (tertiary/aromatic N) is 1. The van der Waals surface area contributed by atoms with Gasteiger partial charge in [-0.2, -0.15) is 0 Å². The van der Waals surface area contributed by atoms with E-state index in [9.17, 15) is 0 Å². The topological polar surface area (TPSA) is 68.9 Å². The standard InChI is InChI=1S/C15H20BrN3O2.HI/c16-12-7-10(8-13-14(12)21-6-5-20-13)9-18-15(17)19-11-3-1-2-4-11;/h7-8,11H,1-6,9H2,(H3,17,18,19);1H. The number of aliphatic imine (C=N–C) groups is 1. The van der Waals surface area contributed by atoms with Crippen LogP contribution in [0.25, 0.3) is 0 Å². The van der Waals surface area contributed by atoms with Gasteiger partial charge in [0.1, 0.15) is 13.2 Å². The summed E-state index contributed by atoms with van der Waals surface area (Å²) in [5.74, 6) is 2.06. The van der Waals surface area contributed by atoms with Crippen LogP contribution in [0, 0.1) is 0 Å². The van der Waals surface area contributed by atoms with Gasteiger partial charge in [-0.25, -0.2) is 4.99 Å². The highest BCUT2D eigenvalue weighted by Gasteiger charge is 2.17. The van der Waals surface area contributed by atoms with E-state index in [1.165, 1.54) is 25.7 Å². The zero-order valence-corrected chi connectivity index (χ0v) is 16.2. The van der Waals surface area contributed by atoms with Crippen molar-refractivity contribution in [3.8, 4) is 11.5 Å². The SMILES string of the molecule is I.NC(=NCc1cc(Br)c2c(c1)OCCO2)NC1CCCC1. The van der Waals surface area contributed by atoms with Crippen LogP contribution in [-0.4, -0.2) is 25.2 Å². The van der Waals surface area contributed by atoms with E-state index in [0.717, 1.165) is 21.5 Å². The number of rotatable bonds is 3. The van der Waals surface area contributed by atoms with E-state index < -0.39 is 0 Å². The van der Waals surface area contributed by atoms with Crippen molar-refractivity contribution in [2.45, 2.75) is 38.3 Å². The van der Waals surface area contributed by atoms with Gasteiger partial charge in [-0.05, 0) is 46.5 Å². The highest BCUT2D eigenvalue weighted by atomic mass is 127. The average molecular weight is 482 g/mol. The third kappa shape index (κ3) is 4.41. The maximum atomic E-state index is 5.95. The Morgan fingerprint density at radius 2 is 2.00 bits per heavy atom. The Hall–Kier alpha value is -0.700. The molecule has 1 aromatic rings. The molecular weight excluding hydrogens is 461 g/mol. The van der Waals surface area contributed by atoms with Crippen LogP contribution in [0.1, 0.15) is 31.2 Å². The number of nitrogens with one attached hydrogen (secondary N) is 1. The van der Waals surface area contributed by atoms with Gasteiger partial charge >= 0.3 is 0 Å². The first kappa shape index (κ1) is 17.7. The van der Waals surface area contributed by atoms with E-state index in [2.05, 4.69) is 26.2 Å². The Bertz CT molecular complexity index is 548. The number of fused-ring (bicyclic) bond motifs is 1. The molecule has 1 aromatic carbocycles. The molecule has 1 aliphatic carbocycles. The number of ether oxygens (including phenoxy) is 2. The summed E-state index contributed by atoms with van der Waals surface area (Å²) >= 11 is 3.51. The summed E-state index contributed by atoms with van der Waals surface area (Å²) in [6, 6.07) is 4.45. The number of benzene rings is 1. The van der Waals surface area contributed by atoms with Gasteiger partial charge in [0.25, 0.3) is 0 Å². The molecule has 3 N–H and O–H groups in total. The van der Waals surface area contributed by atoms with E-state index in [1.807, 2.05) is 12.1 Å². The van der Waals surface area contributed by atoms with Gasteiger partial charge in [-0.3, -0.25) is 0 Å². The zero-order valence-electron chi connectivity index (χ0n) is 12.3. The van der Waals surface area contributed by atoms with Crippen LogP contribution in [0.15, 0.2) is 21.6 Å². The molecule has 0 radical (unpaired) electrons. The zero-order chi connectivity index (χ0) is 14.7. The molecule has 2 aliphatic rings. The predicted molar refractivity (Wildman–Crippen MR) is 101 cm³/mol. The number of hydrogen-bond donors (Lipinski definition) is 2. The minimum absolute atomic E-state index is 0. The smallest absolute Gasteiger partial charge is 0.189 e. The summed E-state index contributed by atoms with van der Waals surface area (Å²) in [5, 5.41) is 3.29. The lowest BCUT2D eigenvalue weighted by Crippen LogP contribution is -2.38. The fourth-order valence-electron chi connectivity index (χ4n) is 2.76. The lowest BCUT2D eigenvalue weighted by atomic mass is 10.2. The molecule has 0 unspecified atom stereocenters. The first-order chi connectivity index (χ1) is 10.2. The van der Waals surface area contributed by atoms with Gasteiger partial charge in [0.2, 0.25) is 0 Å². The molecule has 0 saturated heterocycles. The van der Waals surface area contributed by atoms with E-state index in [4.69, 9.17) is 15.2 Å². The molecular formula is C15H21BrIN3O2. The Kier molecular flexibility index (Phi) is 6.61. The summed E-state index contributed by atoms with van der Waals surface area (Å²) in [7, 11) is 0. The van der Waals surface area contributed by atoms with Crippen LogP contribution < -0.4 is 20.5 Å². The molecule has 5 nitrogen and oxygen atoms in total. The molecule has 1 fully saturated rings. The van der Waals surface area contributed by atoms with Crippen molar-refractivity contribution in [1.82, 2.24) is 5.32 Å². The summed E-state index contributed by atoms with van der Waals surface area (Å²) < 4.78 is 12.1. The van der Waals surface area contributed by atoms with Crippen molar-refractivity contribution in [1.29, 1.82) is 0 Å². The Morgan fingerprint density at radius 1 is 1.27 bits per heavy atom. The van der Waals surface area contributed by atoms with E-state index >= 15 is 0 Å². The quantitative estimate of drug-likeness (QED) is 0.395. The molecule has 1 saturated carbocycles. The normalized spacial score (nSPS) is 18.0. The molecule has 0 spiro atoms. The molecule has 0 bridgehead atoms. The molecule has 3 rings (SSSR count). The van der Waals surface area contributed by atoms with Crippen molar-refractivity contribution in [3.63, 3.8) is 0 Å². The minimum atomic E-state index is 0. The third-order valence-corrected chi connectivity index (χ3v) is 4.38. The van der Waals surface area contributed by atoms with E-state index in [0.29, 0.717) is 31.8 Å². The molecule has 7 heteroatoms. The van der Waals surface area contributed by atoms with Gasteiger partial charge in [0.05, 0.1) is 11.0 Å². The fourth-order valence-corrected chi connectivity index (χ4v) is 3.36. The van der Waals surface area contributed by atoms with Gasteiger partial charge < -0.3 is 20.5 Å². The minimum Gasteiger partial charge on any atom is -0.486 e. The molecule has 0 amide bonds. The van der Waals surface area contributed by atoms with Crippen molar-refractivity contribution in [2.75, 3.05) is 13.2 Å². The van der Waals surface area contributed by atoms with Gasteiger partial charge in [-0.15, -0.1) is 24.0 Å². The number of halogens is 2. The van der Waals surface area contributed by atoms with Crippen molar-refractivity contribution < 1.29 is 9.47 Å². The predicted octanol–water partition coefficient (Wildman–Crippen LogP) is 3.19. The Labute approximate surface area is 156 Å². The van der Waals surface area contributed by atoms with Gasteiger partial charge in [0.15, 0.2) is 17.5 Å². The van der Waals surface area contributed by atoms with Crippen LogP contribution >= 0.6 is 39.9 Å². The fraction of sp³-hybridized carbons (Fsp3) is 0.533. The maximum Gasteiger partial charge on any atom is 0.189 e. The summed E-state index contributed by atoms with van der Waals surface area (Å²) in [5.41, 5.74) is 6.99. The highest BCUT2D eigenvalue weighted by Crippen LogP contribution is 2.38. The second-order valence-corrected chi connectivity index (χ2v) is 6.28. The third-order valence-electron chi connectivity index (χ3n) is 3.80. The van der Waals surface area contributed by atoms with Crippen LogP contribution in [0.4, 0.5) is 0 Å². The molecule has 122 valence electrons. The molecule has 1 aliphatic heterocycles. The second kappa shape index (κ2) is 8.24. The molecule has 1 heterocycles. The summed E-state index contributed by atoms with van der Waals surface area (Å²) in [6.45, 7) is 1.69. The van der Waals surface area contributed by atoms with Crippen LogP contribution in [0.2, 0.25) is 0 Å². The first-order valence-corrected chi connectivity index (χ1v) is 8.16. The largest absolute Gasteiger partial charge is 0.486 e. The number of nitrogens with two attached hydrogens (primary N) is 1. The van der Waals surface area contributed by atoms with Gasteiger partial charge in [-0.1, -0.05) is 12.8 Å². The Balaban J connectivity index is 0.00000176. The monoisotopic (exact) mass is 481 g/mol. The van der Waals surface area contributed by atoms with E-state index in [-0.39, 0.29) is 24.0 Å². The lowest BCUT2D eigenvalue weighted by molar-refractivity contribution is 0.170. The first-order valence-electron chi connectivity index (χ1n) is 7.37. The maximum absolute atomic E-state index is 5.95. The van der Waals surface area contributed by atoms with E-state index in [1.54, 1.807) is 0 Å².